The van der Waals surface area contributed by atoms with Crippen molar-refractivity contribution in [3.63, 3.8) is 0 Å². The Morgan fingerprint density at radius 3 is 2.67 bits per heavy atom. The monoisotopic (exact) mass is 347 g/mol. The summed E-state index contributed by atoms with van der Waals surface area (Å²) in [6.45, 7) is 3.74. The molecule has 0 aliphatic rings. The molecule has 0 radical (unpaired) electrons. The molecule has 2 aromatic rings. The summed E-state index contributed by atoms with van der Waals surface area (Å²) in [5.74, 6) is 0. The SMILES string of the molecule is Cc1nn(CC(O)COCc2ccc(Cl)cc2)c(=O)c(C#N)c1C. The largest absolute Gasteiger partial charge is 0.389 e. The minimum Gasteiger partial charge on any atom is -0.389 e. The third-order valence-corrected chi connectivity index (χ3v) is 3.88. The number of aliphatic hydroxyl groups excluding tert-OH is 1. The van der Waals surface area contributed by atoms with Crippen LogP contribution in [0.4, 0.5) is 0 Å². The Balaban J connectivity index is 1.96. The summed E-state index contributed by atoms with van der Waals surface area (Å²) in [6, 6.07) is 9.09. The molecule has 1 aromatic heterocycles. The lowest BCUT2D eigenvalue weighted by molar-refractivity contribution is 0.0179. The number of nitrogens with zero attached hydrogens (tertiary/aromatic N) is 3. The molecular weight excluding hydrogens is 330 g/mol. The van der Waals surface area contributed by atoms with E-state index < -0.39 is 11.7 Å². The van der Waals surface area contributed by atoms with E-state index in [9.17, 15) is 9.90 Å². The zero-order valence-electron chi connectivity index (χ0n) is 13.5. The van der Waals surface area contributed by atoms with Crippen molar-refractivity contribution in [3.8, 4) is 6.07 Å². The number of nitriles is 1. The van der Waals surface area contributed by atoms with Gasteiger partial charge >= 0.3 is 0 Å². The number of halogens is 1. The fraction of sp³-hybridized carbons (Fsp3) is 0.353. The highest BCUT2D eigenvalue weighted by atomic mass is 35.5. The molecule has 6 nitrogen and oxygen atoms in total. The van der Waals surface area contributed by atoms with Crippen molar-refractivity contribution in [1.82, 2.24) is 9.78 Å². The maximum atomic E-state index is 12.1. The molecule has 1 aromatic carbocycles. The smallest absolute Gasteiger partial charge is 0.285 e. The summed E-state index contributed by atoms with van der Waals surface area (Å²) in [6.07, 6.45) is -0.906. The van der Waals surface area contributed by atoms with Crippen LogP contribution in [-0.4, -0.2) is 27.6 Å². The number of hydrogen-bond donors (Lipinski definition) is 1. The number of aromatic nitrogens is 2. The Morgan fingerprint density at radius 1 is 1.38 bits per heavy atom. The summed E-state index contributed by atoms with van der Waals surface area (Å²) < 4.78 is 6.55. The van der Waals surface area contributed by atoms with Crippen molar-refractivity contribution in [3.05, 3.63) is 62.0 Å². The molecule has 0 amide bonds. The third-order valence-electron chi connectivity index (χ3n) is 3.62. The van der Waals surface area contributed by atoms with Crippen LogP contribution in [0.2, 0.25) is 5.02 Å². The van der Waals surface area contributed by atoms with E-state index in [1.165, 1.54) is 0 Å². The molecule has 0 fully saturated rings. The van der Waals surface area contributed by atoms with Crippen LogP contribution in [0.1, 0.15) is 22.4 Å². The Labute approximate surface area is 144 Å². The first-order valence-corrected chi connectivity index (χ1v) is 7.79. The first-order valence-electron chi connectivity index (χ1n) is 7.41. The first-order chi connectivity index (χ1) is 11.4. The number of benzene rings is 1. The van der Waals surface area contributed by atoms with Gasteiger partial charge in [0.2, 0.25) is 0 Å². The molecule has 0 bridgehead atoms. The van der Waals surface area contributed by atoms with Crippen LogP contribution in [-0.2, 0) is 17.9 Å². The molecule has 2 rings (SSSR count). The molecule has 0 aliphatic heterocycles. The van der Waals surface area contributed by atoms with Gasteiger partial charge in [-0.3, -0.25) is 4.79 Å². The van der Waals surface area contributed by atoms with E-state index in [1.807, 2.05) is 18.2 Å². The van der Waals surface area contributed by atoms with Crippen LogP contribution in [0.5, 0.6) is 0 Å². The standard InChI is InChI=1S/C17H18ClN3O3/c1-11-12(2)20-21(17(23)16(11)7-19)8-15(22)10-24-9-13-3-5-14(18)6-4-13/h3-6,15,22H,8-10H2,1-2H3. The summed E-state index contributed by atoms with van der Waals surface area (Å²) in [5.41, 5.74) is 1.63. The van der Waals surface area contributed by atoms with Crippen molar-refractivity contribution >= 4 is 11.6 Å². The van der Waals surface area contributed by atoms with Gasteiger partial charge < -0.3 is 9.84 Å². The zero-order chi connectivity index (χ0) is 17.7. The molecule has 1 heterocycles. The second-order valence-corrected chi connectivity index (χ2v) is 5.92. The summed E-state index contributed by atoms with van der Waals surface area (Å²) in [7, 11) is 0. The first kappa shape index (κ1) is 18.1. The van der Waals surface area contributed by atoms with E-state index in [2.05, 4.69) is 5.10 Å². The van der Waals surface area contributed by atoms with Crippen LogP contribution in [0.25, 0.3) is 0 Å². The minimum atomic E-state index is -0.906. The molecule has 0 spiro atoms. The Morgan fingerprint density at radius 2 is 2.04 bits per heavy atom. The maximum Gasteiger partial charge on any atom is 0.285 e. The van der Waals surface area contributed by atoms with E-state index in [-0.39, 0.29) is 18.7 Å². The van der Waals surface area contributed by atoms with E-state index in [1.54, 1.807) is 26.0 Å². The number of ether oxygens (including phenoxy) is 1. The molecule has 0 saturated carbocycles. The predicted molar refractivity (Wildman–Crippen MR) is 89.8 cm³/mol. The van der Waals surface area contributed by atoms with E-state index in [0.717, 1.165) is 10.2 Å². The number of rotatable bonds is 6. The van der Waals surface area contributed by atoms with E-state index >= 15 is 0 Å². The Kier molecular flexibility index (Phi) is 6.10. The molecule has 1 unspecified atom stereocenters. The van der Waals surface area contributed by atoms with Gasteiger partial charge in [-0.25, -0.2) is 4.68 Å². The zero-order valence-corrected chi connectivity index (χ0v) is 14.2. The van der Waals surface area contributed by atoms with Gasteiger partial charge in [0, 0.05) is 5.02 Å². The average Bonchev–Trinajstić information content (AvgIpc) is 2.55. The highest BCUT2D eigenvalue weighted by Crippen LogP contribution is 2.10. The summed E-state index contributed by atoms with van der Waals surface area (Å²) in [4.78, 5) is 12.1. The highest BCUT2D eigenvalue weighted by molar-refractivity contribution is 6.30. The van der Waals surface area contributed by atoms with Crippen LogP contribution in [0.3, 0.4) is 0 Å². The molecule has 126 valence electrons. The minimum absolute atomic E-state index is 0.0325. The molecule has 7 heteroatoms. The average molecular weight is 348 g/mol. The fourth-order valence-electron chi connectivity index (χ4n) is 2.17. The molecule has 0 aliphatic carbocycles. The number of hydrogen-bond acceptors (Lipinski definition) is 5. The van der Waals surface area contributed by atoms with Crippen molar-refractivity contribution in [2.75, 3.05) is 6.61 Å². The molecule has 1 N–H and O–H groups in total. The Hall–Kier alpha value is -2.20. The van der Waals surface area contributed by atoms with Crippen molar-refractivity contribution < 1.29 is 9.84 Å². The fourth-order valence-corrected chi connectivity index (χ4v) is 2.30. The van der Waals surface area contributed by atoms with Gasteiger partial charge in [-0.2, -0.15) is 10.4 Å². The Bertz CT molecular complexity index is 810. The van der Waals surface area contributed by atoms with Gasteiger partial charge in [-0.1, -0.05) is 23.7 Å². The van der Waals surface area contributed by atoms with Gasteiger partial charge in [-0.15, -0.1) is 0 Å². The third kappa shape index (κ3) is 4.42. The highest BCUT2D eigenvalue weighted by Gasteiger charge is 2.14. The van der Waals surface area contributed by atoms with Gasteiger partial charge in [0.1, 0.15) is 11.6 Å². The number of aliphatic hydroxyl groups is 1. The molecule has 1 atom stereocenters. The quantitative estimate of drug-likeness (QED) is 0.863. The second-order valence-electron chi connectivity index (χ2n) is 5.48. The lowest BCUT2D eigenvalue weighted by atomic mass is 10.1. The lowest BCUT2D eigenvalue weighted by Crippen LogP contribution is -2.33. The van der Waals surface area contributed by atoms with Crippen molar-refractivity contribution in [2.24, 2.45) is 0 Å². The molecule has 24 heavy (non-hydrogen) atoms. The van der Waals surface area contributed by atoms with E-state index in [0.29, 0.717) is 22.9 Å². The second kappa shape index (κ2) is 8.06. The van der Waals surface area contributed by atoms with Crippen molar-refractivity contribution in [2.45, 2.75) is 33.1 Å². The van der Waals surface area contributed by atoms with Gasteiger partial charge in [0.15, 0.2) is 0 Å². The van der Waals surface area contributed by atoms with Gasteiger partial charge in [0.05, 0.1) is 31.6 Å². The number of aryl methyl sites for hydroxylation is 1. The van der Waals surface area contributed by atoms with Gasteiger partial charge in [0.25, 0.3) is 5.56 Å². The van der Waals surface area contributed by atoms with Crippen LogP contribution in [0.15, 0.2) is 29.1 Å². The van der Waals surface area contributed by atoms with Crippen LogP contribution >= 0.6 is 11.6 Å². The van der Waals surface area contributed by atoms with Crippen LogP contribution < -0.4 is 5.56 Å². The topological polar surface area (TPSA) is 88.1 Å². The summed E-state index contributed by atoms with van der Waals surface area (Å²) in [5, 5.41) is 23.9. The molecule has 0 saturated heterocycles. The van der Waals surface area contributed by atoms with Gasteiger partial charge in [-0.05, 0) is 37.1 Å². The summed E-state index contributed by atoms with van der Waals surface area (Å²) >= 11 is 5.81. The normalized spacial score (nSPS) is 12.0. The predicted octanol–water partition coefficient (Wildman–Crippen LogP) is 1.96. The maximum absolute atomic E-state index is 12.1. The molecular formula is C17H18ClN3O3. The van der Waals surface area contributed by atoms with Crippen molar-refractivity contribution in [1.29, 1.82) is 5.26 Å². The van der Waals surface area contributed by atoms with Crippen LogP contribution in [0, 0.1) is 25.2 Å². The lowest BCUT2D eigenvalue weighted by Gasteiger charge is -2.14. The van der Waals surface area contributed by atoms with E-state index in [4.69, 9.17) is 21.6 Å².